The third-order valence-electron chi connectivity index (χ3n) is 6.11. The SMILES string of the molecule is COc1ccc(C2c3c(ccc4ccccc34)Oc3ccc4ccccc4c32)cc1. The lowest BCUT2D eigenvalue weighted by Crippen LogP contribution is -2.13. The zero-order valence-corrected chi connectivity index (χ0v) is 16.6. The van der Waals surface area contributed by atoms with E-state index in [-0.39, 0.29) is 5.92 Å². The predicted molar refractivity (Wildman–Crippen MR) is 122 cm³/mol. The van der Waals surface area contributed by atoms with E-state index in [9.17, 15) is 0 Å². The third-order valence-corrected chi connectivity index (χ3v) is 6.11. The highest BCUT2D eigenvalue weighted by molar-refractivity contribution is 5.95. The molecule has 0 radical (unpaired) electrons. The summed E-state index contributed by atoms with van der Waals surface area (Å²) in [5.74, 6) is 2.79. The van der Waals surface area contributed by atoms with Gasteiger partial charge in [-0.05, 0) is 51.4 Å². The fraction of sp³-hybridized carbons (Fsp3) is 0.0714. The van der Waals surface area contributed by atoms with Crippen molar-refractivity contribution in [3.8, 4) is 17.2 Å². The molecule has 0 unspecified atom stereocenters. The summed E-state index contributed by atoms with van der Waals surface area (Å²) in [6, 6.07) is 34.0. The molecule has 1 heterocycles. The number of ether oxygens (including phenoxy) is 2. The molecule has 0 N–H and O–H groups in total. The molecule has 144 valence electrons. The van der Waals surface area contributed by atoms with E-state index in [2.05, 4.69) is 84.9 Å². The molecule has 0 atom stereocenters. The van der Waals surface area contributed by atoms with Crippen LogP contribution in [0.2, 0.25) is 0 Å². The van der Waals surface area contributed by atoms with Crippen LogP contribution in [-0.2, 0) is 0 Å². The van der Waals surface area contributed by atoms with Gasteiger partial charge in [-0.2, -0.15) is 0 Å². The highest BCUT2D eigenvalue weighted by Gasteiger charge is 2.32. The maximum Gasteiger partial charge on any atom is 0.132 e. The first kappa shape index (κ1) is 17.1. The van der Waals surface area contributed by atoms with Gasteiger partial charge in [-0.15, -0.1) is 0 Å². The van der Waals surface area contributed by atoms with Crippen LogP contribution >= 0.6 is 0 Å². The summed E-state index contributed by atoms with van der Waals surface area (Å²) in [5, 5.41) is 4.91. The van der Waals surface area contributed by atoms with E-state index in [1.165, 1.54) is 38.2 Å². The van der Waals surface area contributed by atoms with E-state index >= 15 is 0 Å². The van der Waals surface area contributed by atoms with Crippen molar-refractivity contribution in [3.05, 3.63) is 114 Å². The monoisotopic (exact) mass is 388 g/mol. The van der Waals surface area contributed by atoms with Gasteiger partial charge in [-0.3, -0.25) is 0 Å². The summed E-state index contributed by atoms with van der Waals surface area (Å²) in [6.45, 7) is 0. The van der Waals surface area contributed by atoms with Crippen molar-refractivity contribution in [1.29, 1.82) is 0 Å². The Morgan fingerprint density at radius 3 is 1.67 bits per heavy atom. The molecular formula is C28H20O2. The summed E-state index contributed by atoms with van der Waals surface area (Å²) in [4.78, 5) is 0. The van der Waals surface area contributed by atoms with Gasteiger partial charge in [0, 0.05) is 17.0 Å². The minimum Gasteiger partial charge on any atom is -0.497 e. The molecule has 0 saturated heterocycles. The zero-order chi connectivity index (χ0) is 20.1. The topological polar surface area (TPSA) is 18.5 Å². The van der Waals surface area contributed by atoms with Crippen molar-refractivity contribution < 1.29 is 9.47 Å². The maximum atomic E-state index is 6.47. The van der Waals surface area contributed by atoms with E-state index in [1.54, 1.807) is 7.11 Å². The van der Waals surface area contributed by atoms with Crippen LogP contribution in [-0.4, -0.2) is 7.11 Å². The summed E-state index contributed by atoms with van der Waals surface area (Å²) >= 11 is 0. The van der Waals surface area contributed by atoms with Crippen LogP contribution in [0.1, 0.15) is 22.6 Å². The Hall–Kier alpha value is -3.78. The molecule has 5 aromatic rings. The molecule has 0 aliphatic carbocycles. The lowest BCUT2D eigenvalue weighted by Gasteiger charge is -2.31. The van der Waals surface area contributed by atoms with Crippen LogP contribution < -0.4 is 9.47 Å². The molecule has 1 aliphatic heterocycles. The van der Waals surface area contributed by atoms with Crippen molar-refractivity contribution in [1.82, 2.24) is 0 Å². The molecule has 0 bridgehead atoms. The van der Waals surface area contributed by atoms with Crippen molar-refractivity contribution in [2.24, 2.45) is 0 Å². The molecule has 0 saturated carbocycles. The molecule has 2 nitrogen and oxygen atoms in total. The molecule has 5 aromatic carbocycles. The van der Waals surface area contributed by atoms with E-state index in [0.717, 1.165) is 17.2 Å². The normalized spacial score (nSPS) is 13.0. The summed E-state index contributed by atoms with van der Waals surface area (Å²) in [5.41, 5.74) is 3.68. The summed E-state index contributed by atoms with van der Waals surface area (Å²) < 4.78 is 11.9. The first-order valence-corrected chi connectivity index (χ1v) is 10.2. The number of fused-ring (bicyclic) bond motifs is 6. The standard InChI is InChI=1S/C28H20O2/c1-29-21-14-10-20(11-15-21)26-27-22-8-4-2-6-18(22)12-16-24(27)30-25-17-13-19-7-3-5-9-23(19)28(25)26/h2-17,26H,1H3. The van der Waals surface area contributed by atoms with Crippen LogP contribution in [0.5, 0.6) is 17.2 Å². The number of methoxy groups -OCH3 is 1. The van der Waals surface area contributed by atoms with E-state index < -0.39 is 0 Å². The van der Waals surface area contributed by atoms with Gasteiger partial charge < -0.3 is 9.47 Å². The van der Waals surface area contributed by atoms with Crippen molar-refractivity contribution in [2.45, 2.75) is 5.92 Å². The number of benzene rings is 5. The quantitative estimate of drug-likeness (QED) is 0.310. The van der Waals surface area contributed by atoms with Crippen LogP contribution in [0, 0.1) is 0 Å². The van der Waals surface area contributed by atoms with Gasteiger partial charge in [-0.25, -0.2) is 0 Å². The van der Waals surface area contributed by atoms with Crippen LogP contribution in [0.4, 0.5) is 0 Å². The largest absolute Gasteiger partial charge is 0.497 e. The third kappa shape index (κ3) is 2.50. The van der Waals surface area contributed by atoms with Crippen molar-refractivity contribution in [3.63, 3.8) is 0 Å². The average Bonchev–Trinajstić information content (AvgIpc) is 2.82. The van der Waals surface area contributed by atoms with Crippen LogP contribution in [0.3, 0.4) is 0 Å². The highest BCUT2D eigenvalue weighted by atomic mass is 16.5. The number of rotatable bonds is 2. The Balaban J connectivity index is 1.72. The number of hydrogen-bond acceptors (Lipinski definition) is 2. The predicted octanol–water partition coefficient (Wildman–Crippen LogP) is 7.29. The lowest BCUT2D eigenvalue weighted by molar-refractivity contribution is 0.414. The molecule has 0 spiro atoms. The molecule has 1 aliphatic rings. The van der Waals surface area contributed by atoms with Crippen molar-refractivity contribution >= 4 is 21.5 Å². The Labute approximate surface area is 175 Å². The molecule has 0 aromatic heterocycles. The van der Waals surface area contributed by atoms with Gasteiger partial charge >= 0.3 is 0 Å². The fourth-order valence-electron chi connectivity index (χ4n) is 4.72. The molecule has 0 fully saturated rings. The van der Waals surface area contributed by atoms with Gasteiger partial charge in [0.05, 0.1) is 7.11 Å². The van der Waals surface area contributed by atoms with E-state index in [1.807, 2.05) is 12.1 Å². The maximum absolute atomic E-state index is 6.47. The Bertz CT molecular complexity index is 1310. The zero-order valence-electron chi connectivity index (χ0n) is 16.6. The summed E-state index contributed by atoms with van der Waals surface area (Å²) in [7, 11) is 1.70. The highest BCUT2D eigenvalue weighted by Crippen LogP contribution is 2.52. The molecule has 0 amide bonds. The van der Waals surface area contributed by atoms with Gasteiger partial charge in [0.25, 0.3) is 0 Å². The van der Waals surface area contributed by atoms with Crippen LogP contribution in [0.15, 0.2) is 97.1 Å². The van der Waals surface area contributed by atoms with Crippen LogP contribution in [0.25, 0.3) is 21.5 Å². The minimum atomic E-state index is 0.0758. The first-order valence-electron chi connectivity index (χ1n) is 10.2. The number of hydrogen-bond donors (Lipinski definition) is 0. The molecular weight excluding hydrogens is 368 g/mol. The van der Waals surface area contributed by atoms with Crippen molar-refractivity contribution in [2.75, 3.05) is 7.11 Å². The second kappa shape index (κ2) is 6.64. The van der Waals surface area contributed by atoms with Gasteiger partial charge in [0.1, 0.15) is 17.2 Å². The van der Waals surface area contributed by atoms with E-state index in [0.29, 0.717) is 0 Å². The Morgan fingerprint density at radius 1 is 0.600 bits per heavy atom. The van der Waals surface area contributed by atoms with Gasteiger partial charge in [-0.1, -0.05) is 72.8 Å². The van der Waals surface area contributed by atoms with Gasteiger partial charge in [0.2, 0.25) is 0 Å². The molecule has 2 heteroatoms. The minimum absolute atomic E-state index is 0.0758. The smallest absolute Gasteiger partial charge is 0.132 e. The molecule has 30 heavy (non-hydrogen) atoms. The molecule has 6 rings (SSSR count). The van der Waals surface area contributed by atoms with E-state index in [4.69, 9.17) is 9.47 Å². The van der Waals surface area contributed by atoms with Gasteiger partial charge in [0.15, 0.2) is 0 Å². The fourth-order valence-corrected chi connectivity index (χ4v) is 4.72. The Morgan fingerprint density at radius 2 is 1.13 bits per heavy atom. The average molecular weight is 388 g/mol. The summed E-state index contributed by atoms with van der Waals surface area (Å²) in [6.07, 6.45) is 0. The second-order valence-electron chi connectivity index (χ2n) is 7.71. The lowest BCUT2D eigenvalue weighted by atomic mass is 9.78. The Kier molecular flexibility index (Phi) is 3.78. The second-order valence-corrected chi connectivity index (χ2v) is 7.71. The first-order chi connectivity index (χ1) is 14.8.